The lowest BCUT2D eigenvalue weighted by Crippen LogP contribution is -2.00. The van der Waals surface area contributed by atoms with Crippen molar-refractivity contribution in [2.75, 3.05) is 7.11 Å². The molecule has 0 heterocycles. The molecule has 0 spiro atoms. The van der Waals surface area contributed by atoms with Crippen LogP contribution < -0.4 is 4.52 Å². The predicted octanol–water partition coefficient (Wildman–Crippen LogP) is 3.04. The summed E-state index contributed by atoms with van der Waals surface area (Å²) in [5.41, 5.74) is 0.359. The van der Waals surface area contributed by atoms with Crippen LogP contribution in [0.1, 0.15) is 37.0 Å². The molecule has 0 saturated carbocycles. The van der Waals surface area contributed by atoms with Crippen LogP contribution in [0.2, 0.25) is 0 Å². The van der Waals surface area contributed by atoms with Gasteiger partial charge in [-0.05, 0) is 24.3 Å². The molecule has 0 amide bonds. The molecule has 6 heteroatoms. The molecule has 0 aliphatic heterocycles. The Kier molecular flexibility index (Phi) is 8.97. The first-order valence-corrected chi connectivity index (χ1v) is 6.90. The van der Waals surface area contributed by atoms with Gasteiger partial charge in [0.05, 0.1) is 12.7 Å². The Hall–Kier alpha value is -1.32. The molecule has 1 aromatic carbocycles. The Morgan fingerprint density at radius 3 is 2.06 bits per heavy atom. The summed E-state index contributed by atoms with van der Waals surface area (Å²) in [5.74, 6) is -0.225. The molecule has 0 aromatic heterocycles. The molecule has 18 heavy (non-hydrogen) atoms. The van der Waals surface area contributed by atoms with E-state index in [2.05, 4.69) is 23.1 Å². The predicted molar refractivity (Wildman–Crippen MR) is 70.2 cm³/mol. The number of carbonyl (C=O) groups excluding carboxylic acids is 1. The highest BCUT2D eigenvalue weighted by Crippen LogP contribution is 2.22. The van der Waals surface area contributed by atoms with Gasteiger partial charge in [0.1, 0.15) is 5.75 Å². The normalized spacial score (nSPS) is 10.9. The molecule has 102 valence electrons. The van der Waals surface area contributed by atoms with Gasteiger partial charge in [-0.25, -0.2) is 9.36 Å². The first kappa shape index (κ1) is 16.7. The minimum absolute atomic E-state index is 0.240. The number of methoxy groups -OCH3 is 1. The maximum Gasteiger partial charge on any atom is 0.365 e. The minimum Gasteiger partial charge on any atom is -0.465 e. The fourth-order valence-electron chi connectivity index (χ4n) is 0.878. The third-order valence-corrected chi connectivity index (χ3v) is 2.39. The summed E-state index contributed by atoms with van der Waals surface area (Å²) in [4.78, 5) is 19.4. The lowest BCUT2D eigenvalue weighted by atomic mass is 10.2. The van der Waals surface area contributed by atoms with Gasteiger partial charge in [-0.1, -0.05) is 26.7 Å². The summed E-state index contributed by atoms with van der Waals surface area (Å²) in [6.45, 7) is 4.36. The lowest BCUT2D eigenvalue weighted by molar-refractivity contribution is 0.0600. The molecule has 0 saturated heterocycles. The van der Waals surface area contributed by atoms with E-state index in [1.54, 1.807) is 0 Å². The van der Waals surface area contributed by atoms with Crippen LogP contribution in [0, 0.1) is 0 Å². The molecular weight excluding hydrogens is 255 g/mol. The highest BCUT2D eigenvalue weighted by molar-refractivity contribution is 7.32. The lowest BCUT2D eigenvalue weighted by Gasteiger charge is -2.02. The summed E-state index contributed by atoms with van der Waals surface area (Å²) in [7, 11) is -1.71. The van der Waals surface area contributed by atoms with Crippen LogP contribution in [0.15, 0.2) is 24.3 Å². The highest BCUT2D eigenvalue weighted by atomic mass is 31.1. The average molecular weight is 274 g/mol. The van der Waals surface area contributed by atoms with Crippen LogP contribution in [0.4, 0.5) is 0 Å². The van der Waals surface area contributed by atoms with Gasteiger partial charge in [-0.2, -0.15) is 0 Å². The molecule has 5 nitrogen and oxygen atoms in total. The number of unbranched alkanes of at least 4 members (excludes halogenated alkanes) is 1. The largest absolute Gasteiger partial charge is 0.465 e. The van der Waals surface area contributed by atoms with Crippen LogP contribution in [0.25, 0.3) is 0 Å². The molecular formula is C12H19O5P. The summed E-state index contributed by atoms with van der Waals surface area (Å²) >= 11 is 0. The van der Waals surface area contributed by atoms with E-state index >= 15 is 0 Å². The molecule has 0 aliphatic rings. The van der Waals surface area contributed by atoms with Gasteiger partial charge in [0, 0.05) is 0 Å². The molecule has 1 atom stereocenters. The Morgan fingerprint density at radius 2 is 1.72 bits per heavy atom. The zero-order valence-corrected chi connectivity index (χ0v) is 11.8. The van der Waals surface area contributed by atoms with Gasteiger partial charge in [-0.3, -0.25) is 0 Å². The summed E-state index contributed by atoms with van der Waals surface area (Å²) in [5, 5.41) is 0. The van der Waals surface area contributed by atoms with Gasteiger partial charge in [0.25, 0.3) is 0 Å². The van der Waals surface area contributed by atoms with Crippen LogP contribution >= 0.6 is 8.25 Å². The fourth-order valence-corrected chi connectivity index (χ4v) is 1.22. The Balaban J connectivity index is 0.000000631. The van der Waals surface area contributed by atoms with Gasteiger partial charge in [0.2, 0.25) is 0 Å². The van der Waals surface area contributed by atoms with E-state index in [4.69, 9.17) is 4.89 Å². The third kappa shape index (κ3) is 7.09. The van der Waals surface area contributed by atoms with Crippen molar-refractivity contribution in [3.05, 3.63) is 29.8 Å². The van der Waals surface area contributed by atoms with Gasteiger partial charge in [-0.15, -0.1) is 0 Å². The van der Waals surface area contributed by atoms with E-state index in [-0.39, 0.29) is 5.75 Å². The van der Waals surface area contributed by atoms with Crippen molar-refractivity contribution in [1.29, 1.82) is 0 Å². The van der Waals surface area contributed by atoms with Crippen LogP contribution in [0.5, 0.6) is 5.75 Å². The zero-order valence-electron chi connectivity index (χ0n) is 10.8. The molecule has 0 fully saturated rings. The third-order valence-electron chi connectivity index (χ3n) is 1.98. The number of benzene rings is 1. The van der Waals surface area contributed by atoms with Crippen molar-refractivity contribution in [3.63, 3.8) is 0 Å². The maximum absolute atomic E-state index is 11.0. The average Bonchev–Trinajstić information content (AvgIpc) is 2.38. The minimum atomic E-state index is -2.99. The van der Waals surface area contributed by atoms with Gasteiger partial charge < -0.3 is 14.2 Å². The molecule has 1 rings (SSSR count). The molecule has 0 radical (unpaired) electrons. The van der Waals surface area contributed by atoms with Crippen molar-refractivity contribution in [3.8, 4) is 5.75 Å². The van der Waals surface area contributed by atoms with Crippen LogP contribution in [-0.4, -0.2) is 18.0 Å². The monoisotopic (exact) mass is 274 g/mol. The number of ether oxygens (including phenoxy) is 1. The zero-order chi connectivity index (χ0) is 14.0. The van der Waals surface area contributed by atoms with E-state index < -0.39 is 14.2 Å². The molecule has 0 aliphatic carbocycles. The van der Waals surface area contributed by atoms with Gasteiger partial charge in [0.15, 0.2) is 0 Å². The van der Waals surface area contributed by atoms with Crippen molar-refractivity contribution < 1.29 is 23.5 Å². The molecule has 1 aromatic rings. The SMILES string of the molecule is CCCC.COC(=O)c1ccc(O[PH](=O)O)cc1. The first-order valence-electron chi connectivity index (χ1n) is 5.64. The molecule has 0 bridgehead atoms. The fraction of sp³-hybridized carbons (Fsp3) is 0.417. The standard InChI is InChI=1S/C8H9O5P.C4H10/c1-12-8(9)6-2-4-7(5-3-6)13-14(10)11;1-3-4-2/h2-5,14H,1H3,(H,10,11);3-4H2,1-2H3. The van der Waals surface area contributed by atoms with E-state index in [9.17, 15) is 9.36 Å². The van der Waals surface area contributed by atoms with E-state index in [0.717, 1.165) is 0 Å². The number of esters is 1. The van der Waals surface area contributed by atoms with Crippen molar-refractivity contribution in [2.24, 2.45) is 0 Å². The second-order valence-electron chi connectivity index (χ2n) is 3.38. The number of rotatable bonds is 4. The molecule has 1 unspecified atom stereocenters. The quantitative estimate of drug-likeness (QED) is 0.674. The topological polar surface area (TPSA) is 72.8 Å². The number of hydrogen-bond acceptors (Lipinski definition) is 4. The number of hydrogen-bond donors (Lipinski definition) is 1. The maximum atomic E-state index is 11.0. The van der Waals surface area contributed by atoms with Crippen LogP contribution in [-0.2, 0) is 9.30 Å². The summed E-state index contributed by atoms with van der Waals surface area (Å²) in [6.07, 6.45) is 2.64. The second kappa shape index (κ2) is 9.68. The summed E-state index contributed by atoms with van der Waals surface area (Å²) < 4.78 is 19.3. The van der Waals surface area contributed by atoms with E-state index in [0.29, 0.717) is 5.56 Å². The Labute approximate surface area is 108 Å². The summed E-state index contributed by atoms with van der Waals surface area (Å²) in [6, 6.07) is 5.74. The van der Waals surface area contributed by atoms with E-state index in [1.807, 2.05) is 0 Å². The molecule has 1 N–H and O–H groups in total. The first-order chi connectivity index (χ1) is 8.54. The number of carbonyl (C=O) groups is 1. The highest BCUT2D eigenvalue weighted by Gasteiger charge is 2.04. The van der Waals surface area contributed by atoms with E-state index in [1.165, 1.54) is 44.2 Å². The van der Waals surface area contributed by atoms with Crippen molar-refractivity contribution in [1.82, 2.24) is 0 Å². The smallest absolute Gasteiger partial charge is 0.365 e. The Morgan fingerprint density at radius 1 is 1.22 bits per heavy atom. The van der Waals surface area contributed by atoms with Gasteiger partial charge >= 0.3 is 14.2 Å². The van der Waals surface area contributed by atoms with Crippen molar-refractivity contribution in [2.45, 2.75) is 26.7 Å². The second-order valence-corrected chi connectivity index (χ2v) is 4.12. The Bertz CT molecular complexity index is 373. The van der Waals surface area contributed by atoms with Crippen molar-refractivity contribution >= 4 is 14.2 Å². The van der Waals surface area contributed by atoms with Crippen LogP contribution in [0.3, 0.4) is 0 Å².